The molecular weight excluding hydrogens is 244 g/mol. The van der Waals surface area contributed by atoms with Crippen molar-refractivity contribution in [2.45, 2.75) is 32.9 Å². The van der Waals surface area contributed by atoms with Gasteiger partial charge in [0.25, 0.3) is 0 Å². The van der Waals surface area contributed by atoms with Crippen molar-refractivity contribution in [2.24, 2.45) is 5.92 Å². The third-order valence-corrected chi connectivity index (χ3v) is 3.10. The summed E-state index contributed by atoms with van der Waals surface area (Å²) in [5.74, 6) is -0.0971. The van der Waals surface area contributed by atoms with Crippen LogP contribution in [-0.4, -0.2) is 41.2 Å². The molecule has 2 unspecified atom stereocenters. The lowest BCUT2D eigenvalue weighted by atomic mass is 9.99. The van der Waals surface area contributed by atoms with Crippen molar-refractivity contribution in [1.82, 2.24) is 15.3 Å². The van der Waals surface area contributed by atoms with Gasteiger partial charge in [-0.25, -0.2) is 9.97 Å². The van der Waals surface area contributed by atoms with Gasteiger partial charge in [-0.2, -0.15) is 0 Å². The van der Waals surface area contributed by atoms with Crippen molar-refractivity contribution in [3.63, 3.8) is 0 Å². The lowest BCUT2D eigenvalue weighted by Gasteiger charge is -2.20. The molecule has 1 heterocycles. The summed E-state index contributed by atoms with van der Waals surface area (Å²) in [6, 6.07) is -0.543. The first-order chi connectivity index (χ1) is 8.95. The summed E-state index contributed by atoms with van der Waals surface area (Å²) in [6.45, 7) is 4.36. The lowest BCUT2D eigenvalue weighted by molar-refractivity contribution is -0.140. The third kappa shape index (κ3) is 4.48. The molecular formula is C13H22N4O2. The van der Waals surface area contributed by atoms with Crippen molar-refractivity contribution in [3.8, 4) is 0 Å². The highest BCUT2D eigenvalue weighted by Gasteiger charge is 2.22. The Kier molecular flexibility index (Phi) is 5.69. The number of hydrogen-bond acceptors (Lipinski definition) is 5. The van der Waals surface area contributed by atoms with Crippen molar-refractivity contribution < 1.29 is 9.90 Å². The van der Waals surface area contributed by atoms with Crippen LogP contribution >= 0.6 is 0 Å². The number of carbonyl (C=O) groups is 1. The van der Waals surface area contributed by atoms with E-state index < -0.39 is 12.0 Å². The zero-order valence-corrected chi connectivity index (χ0v) is 11.9. The molecule has 0 fully saturated rings. The molecule has 1 aromatic rings. The Hall–Kier alpha value is -1.69. The number of rotatable bonds is 7. The maximum atomic E-state index is 11.2. The minimum atomic E-state index is -0.819. The molecule has 1 aromatic heterocycles. The summed E-state index contributed by atoms with van der Waals surface area (Å²) >= 11 is 0. The number of aromatic nitrogens is 2. The average Bonchev–Trinajstić information content (AvgIpc) is 2.38. The van der Waals surface area contributed by atoms with Gasteiger partial charge in [0, 0.05) is 38.6 Å². The predicted octanol–water partition coefficient (Wildman–Crippen LogP) is 1.13. The summed E-state index contributed by atoms with van der Waals surface area (Å²) in [7, 11) is 3.74. The Labute approximate surface area is 113 Å². The smallest absolute Gasteiger partial charge is 0.320 e. The van der Waals surface area contributed by atoms with Crippen molar-refractivity contribution in [2.75, 3.05) is 19.0 Å². The molecule has 0 saturated carbocycles. The van der Waals surface area contributed by atoms with Gasteiger partial charge in [-0.15, -0.1) is 0 Å². The van der Waals surface area contributed by atoms with E-state index in [-0.39, 0.29) is 5.92 Å². The Bertz CT molecular complexity index is 406. The van der Waals surface area contributed by atoms with E-state index in [1.807, 2.05) is 32.8 Å². The highest BCUT2D eigenvalue weighted by Crippen LogP contribution is 2.09. The second-order valence-corrected chi connectivity index (χ2v) is 4.87. The van der Waals surface area contributed by atoms with Gasteiger partial charge >= 0.3 is 5.97 Å². The third-order valence-electron chi connectivity index (χ3n) is 3.10. The molecule has 0 bridgehead atoms. The van der Waals surface area contributed by atoms with Gasteiger partial charge in [-0.3, -0.25) is 10.1 Å². The molecule has 6 heteroatoms. The summed E-state index contributed by atoms with van der Waals surface area (Å²) in [5.41, 5.74) is 0.875. The van der Waals surface area contributed by atoms with Crippen LogP contribution in [-0.2, 0) is 11.3 Å². The zero-order chi connectivity index (χ0) is 14.4. The van der Waals surface area contributed by atoms with Crippen LogP contribution in [0.2, 0.25) is 0 Å². The van der Waals surface area contributed by atoms with Crippen LogP contribution in [0.3, 0.4) is 0 Å². The van der Waals surface area contributed by atoms with Gasteiger partial charge in [0.2, 0.25) is 5.95 Å². The first-order valence-corrected chi connectivity index (χ1v) is 6.40. The molecule has 19 heavy (non-hydrogen) atoms. The van der Waals surface area contributed by atoms with E-state index in [0.717, 1.165) is 12.0 Å². The normalized spacial score (nSPS) is 13.9. The van der Waals surface area contributed by atoms with E-state index in [4.69, 9.17) is 5.11 Å². The average molecular weight is 266 g/mol. The van der Waals surface area contributed by atoms with Crippen LogP contribution in [0.25, 0.3) is 0 Å². The summed E-state index contributed by atoms with van der Waals surface area (Å²) in [4.78, 5) is 21.4. The van der Waals surface area contributed by atoms with Crippen LogP contribution in [0.1, 0.15) is 25.8 Å². The van der Waals surface area contributed by atoms with Gasteiger partial charge < -0.3 is 10.0 Å². The van der Waals surface area contributed by atoms with E-state index in [1.165, 1.54) is 0 Å². The number of hydrogen-bond donors (Lipinski definition) is 2. The first-order valence-electron chi connectivity index (χ1n) is 6.40. The van der Waals surface area contributed by atoms with Crippen LogP contribution in [0.5, 0.6) is 0 Å². The van der Waals surface area contributed by atoms with Gasteiger partial charge in [0.15, 0.2) is 0 Å². The van der Waals surface area contributed by atoms with E-state index in [0.29, 0.717) is 12.5 Å². The van der Waals surface area contributed by atoms with Crippen LogP contribution < -0.4 is 10.2 Å². The first kappa shape index (κ1) is 15.4. The summed E-state index contributed by atoms with van der Waals surface area (Å²) in [5, 5.41) is 12.2. The molecule has 0 aliphatic carbocycles. The quantitative estimate of drug-likeness (QED) is 0.770. The van der Waals surface area contributed by atoms with Gasteiger partial charge in [-0.05, 0) is 5.92 Å². The molecule has 0 amide bonds. The SMILES string of the molecule is CCC(C)C(NCc1cnc(N(C)C)nc1)C(=O)O. The van der Waals surface area contributed by atoms with E-state index in [1.54, 1.807) is 12.4 Å². The molecule has 0 aliphatic rings. The lowest BCUT2D eigenvalue weighted by Crippen LogP contribution is -2.41. The maximum Gasteiger partial charge on any atom is 0.320 e. The highest BCUT2D eigenvalue weighted by atomic mass is 16.4. The molecule has 2 N–H and O–H groups in total. The Morgan fingerprint density at radius 3 is 2.42 bits per heavy atom. The van der Waals surface area contributed by atoms with E-state index >= 15 is 0 Å². The molecule has 0 aromatic carbocycles. The number of carboxylic acid groups (broad SMARTS) is 1. The summed E-state index contributed by atoms with van der Waals surface area (Å²) in [6.07, 6.45) is 4.25. The minimum absolute atomic E-state index is 0.0828. The molecule has 106 valence electrons. The Morgan fingerprint density at radius 2 is 2.00 bits per heavy atom. The maximum absolute atomic E-state index is 11.2. The topological polar surface area (TPSA) is 78.4 Å². The highest BCUT2D eigenvalue weighted by molar-refractivity contribution is 5.73. The molecule has 0 saturated heterocycles. The van der Waals surface area contributed by atoms with Gasteiger partial charge in [-0.1, -0.05) is 20.3 Å². The van der Waals surface area contributed by atoms with Gasteiger partial charge in [0.05, 0.1) is 0 Å². The fraction of sp³-hybridized carbons (Fsp3) is 0.615. The standard InChI is InChI=1S/C13H22N4O2/c1-5-9(2)11(12(18)19)14-6-10-7-15-13(16-8-10)17(3)4/h7-9,11,14H,5-6H2,1-4H3,(H,18,19). The van der Waals surface area contributed by atoms with E-state index in [9.17, 15) is 4.79 Å². The van der Waals surface area contributed by atoms with Crippen LogP contribution in [0.4, 0.5) is 5.95 Å². The van der Waals surface area contributed by atoms with Crippen molar-refractivity contribution in [3.05, 3.63) is 18.0 Å². The molecule has 0 spiro atoms. The van der Waals surface area contributed by atoms with Gasteiger partial charge in [0.1, 0.15) is 6.04 Å². The number of carboxylic acids is 1. The largest absolute Gasteiger partial charge is 0.480 e. The second kappa shape index (κ2) is 7.04. The fourth-order valence-corrected chi connectivity index (χ4v) is 1.67. The molecule has 0 aliphatic heterocycles. The molecule has 2 atom stereocenters. The van der Waals surface area contributed by atoms with Crippen LogP contribution in [0, 0.1) is 5.92 Å². The fourth-order valence-electron chi connectivity index (χ4n) is 1.67. The number of anilines is 1. The predicted molar refractivity (Wildman–Crippen MR) is 74.1 cm³/mol. The van der Waals surface area contributed by atoms with Crippen LogP contribution in [0.15, 0.2) is 12.4 Å². The number of nitrogens with one attached hydrogen (secondary N) is 1. The summed E-state index contributed by atoms with van der Waals surface area (Å²) < 4.78 is 0. The molecule has 1 rings (SSSR count). The minimum Gasteiger partial charge on any atom is -0.480 e. The number of aliphatic carboxylic acids is 1. The zero-order valence-electron chi connectivity index (χ0n) is 11.9. The monoisotopic (exact) mass is 266 g/mol. The van der Waals surface area contributed by atoms with Crippen molar-refractivity contribution in [1.29, 1.82) is 0 Å². The van der Waals surface area contributed by atoms with Crippen molar-refractivity contribution >= 4 is 11.9 Å². The second-order valence-electron chi connectivity index (χ2n) is 4.87. The Balaban J connectivity index is 2.61. The number of nitrogens with zero attached hydrogens (tertiary/aromatic N) is 3. The Morgan fingerprint density at radius 1 is 1.42 bits per heavy atom. The molecule has 6 nitrogen and oxygen atoms in total. The molecule has 0 radical (unpaired) electrons. The van der Waals surface area contributed by atoms with E-state index in [2.05, 4.69) is 15.3 Å².